The number of rotatable bonds is 7. The van der Waals surface area contributed by atoms with E-state index >= 15 is 0 Å². The van der Waals surface area contributed by atoms with E-state index in [-0.39, 0.29) is 6.61 Å². The Balaban J connectivity index is 1.45. The number of para-hydroxylation sites is 1. The highest BCUT2D eigenvalue weighted by Gasteiger charge is 2.06. The molecule has 22 heavy (non-hydrogen) atoms. The zero-order valence-electron chi connectivity index (χ0n) is 12.1. The lowest BCUT2D eigenvalue weighted by molar-refractivity contribution is 0.258. The Morgan fingerprint density at radius 2 is 1.50 bits per heavy atom. The van der Waals surface area contributed by atoms with Crippen molar-refractivity contribution >= 4 is 0 Å². The average molecular weight is 295 g/mol. The van der Waals surface area contributed by atoms with Crippen LogP contribution in [0.25, 0.3) is 0 Å². The van der Waals surface area contributed by atoms with Gasteiger partial charge >= 0.3 is 0 Å². The molecule has 3 aromatic rings. The fraction of sp³-hybridized carbons (Fsp3) is 0.176. The van der Waals surface area contributed by atoms with Gasteiger partial charge in [-0.25, -0.2) is 0 Å². The van der Waals surface area contributed by atoms with Crippen LogP contribution in [0.4, 0.5) is 0 Å². The standard InChI is InChI=1S/C17H17N3O2/c1-3-7-14(8-4-1)11-18-12-16-19-20-17(22-16)13-21-15-9-5-2-6-10-15/h1-10,18H,11-13H2. The first kappa shape index (κ1) is 14.3. The number of ether oxygens (including phenoxy) is 1. The minimum atomic E-state index is 0.274. The van der Waals surface area contributed by atoms with Crippen LogP contribution in [-0.4, -0.2) is 10.2 Å². The maximum absolute atomic E-state index is 5.56. The first-order chi connectivity index (χ1) is 10.9. The topological polar surface area (TPSA) is 60.2 Å². The summed E-state index contributed by atoms with van der Waals surface area (Å²) >= 11 is 0. The minimum absolute atomic E-state index is 0.274. The second-order valence-electron chi connectivity index (χ2n) is 4.78. The van der Waals surface area contributed by atoms with Crippen molar-refractivity contribution in [3.63, 3.8) is 0 Å². The zero-order chi connectivity index (χ0) is 15.0. The van der Waals surface area contributed by atoms with Crippen molar-refractivity contribution in [2.24, 2.45) is 0 Å². The highest BCUT2D eigenvalue weighted by Crippen LogP contribution is 2.11. The molecule has 0 saturated heterocycles. The largest absolute Gasteiger partial charge is 0.484 e. The van der Waals surface area contributed by atoms with Crippen molar-refractivity contribution in [1.29, 1.82) is 0 Å². The summed E-state index contributed by atoms with van der Waals surface area (Å²) in [6.45, 7) is 1.57. The van der Waals surface area contributed by atoms with E-state index in [0.29, 0.717) is 18.3 Å². The molecule has 1 aromatic heterocycles. The molecule has 0 unspecified atom stereocenters. The van der Waals surface area contributed by atoms with Gasteiger partial charge in [-0.3, -0.25) is 0 Å². The van der Waals surface area contributed by atoms with Crippen LogP contribution in [0.3, 0.4) is 0 Å². The molecular formula is C17H17N3O2. The van der Waals surface area contributed by atoms with E-state index in [1.807, 2.05) is 48.5 Å². The molecule has 0 aliphatic heterocycles. The molecule has 5 heteroatoms. The number of hydrogen-bond donors (Lipinski definition) is 1. The van der Waals surface area contributed by atoms with Crippen LogP contribution >= 0.6 is 0 Å². The number of aromatic nitrogens is 2. The molecule has 0 radical (unpaired) electrons. The summed E-state index contributed by atoms with van der Waals surface area (Å²) in [6.07, 6.45) is 0. The molecule has 0 aliphatic carbocycles. The van der Waals surface area contributed by atoms with Gasteiger partial charge in [-0.15, -0.1) is 10.2 Å². The van der Waals surface area contributed by atoms with E-state index in [2.05, 4.69) is 27.6 Å². The quantitative estimate of drug-likeness (QED) is 0.726. The summed E-state index contributed by atoms with van der Waals surface area (Å²) in [4.78, 5) is 0. The molecule has 1 heterocycles. The van der Waals surface area contributed by atoms with Crippen LogP contribution in [0, 0.1) is 0 Å². The fourth-order valence-corrected chi connectivity index (χ4v) is 1.99. The van der Waals surface area contributed by atoms with Gasteiger partial charge in [0.1, 0.15) is 5.75 Å². The molecule has 112 valence electrons. The normalized spacial score (nSPS) is 10.5. The summed E-state index contributed by atoms with van der Waals surface area (Å²) in [5.74, 6) is 1.81. The second-order valence-corrected chi connectivity index (χ2v) is 4.78. The van der Waals surface area contributed by atoms with Crippen molar-refractivity contribution in [3.8, 4) is 5.75 Å². The van der Waals surface area contributed by atoms with E-state index in [0.717, 1.165) is 12.3 Å². The molecule has 0 saturated carbocycles. The predicted octanol–water partition coefficient (Wildman–Crippen LogP) is 2.94. The van der Waals surface area contributed by atoms with Crippen LogP contribution in [0.2, 0.25) is 0 Å². The first-order valence-corrected chi connectivity index (χ1v) is 7.14. The van der Waals surface area contributed by atoms with Crippen molar-refractivity contribution in [3.05, 3.63) is 78.0 Å². The van der Waals surface area contributed by atoms with E-state index in [4.69, 9.17) is 9.15 Å². The Hall–Kier alpha value is -2.66. The Morgan fingerprint density at radius 1 is 0.818 bits per heavy atom. The summed E-state index contributed by atoms with van der Waals surface area (Å²) in [5.41, 5.74) is 1.22. The van der Waals surface area contributed by atoms with Crippen LogP contribution in [0.15, 0.2) is 65.1 Å². The molecule has 5 nitrogen and oxygen atoms in total. The van der Waals surface area contributed by atoms with E-state index in [1.54, 1.807) is 0 Å². The molecule has 0 aliphatic rings. The minimum Gasteiger partial charge on any atom is -0.484 e. The van der Waals surface area contributed by atoms with Gasteiger partial charge in [-0.2, -0.15) is 0 Å². The van der Waals surface area contributed by atoms with E-state index in [9.17, 15) is 0 Å². The highest BCUT2D eigenvalue weighted by atomic mass is 16.5. The van der Waals surface area contributed by atoms with Gasteiger partial charge in [-0.05, 0) is 17.7 Å². The third-order valence-electron chi connectivity index (χ3n) is 3.06. The third kappa shape index (κ3) is 4.17. The second kappa shape index (κ2) is 7.38. The average Bonchev–Trinajstić information content (AvgIpc) is 3.03. The van der Waals surface area contributed by atoms with Gasteiger partial charge < -0.3 is 14.5 Å². The highest BCUT2D eigenvalue weighted by molar-refractivity contribution is 5.20. The van der Waals surface area contributed by atoms with E-state index < -0.39 is 0 Å². The summed E-state index contributed by atoms with van der Waals surface area (Å²) in [5, 5.41) is 11.2. The first-order valence-electron chi connectivity index (χ1n) is 7.14. The number of nitrogens with zero attached hydrogens (tertiary/aromatic N) is 2. The van der Waals surface area contributed by atoms with Crippen LogP contribution in [0.5, 0.6) is 5.75 Å². The molecule has 3 rings (SSSR count). The molecule has 1 N–H and O–H groups in total. The Kier molecular flexibility index (Phi) is 4.79. The summed E-state index contributed by atoms with van der Waals surface area (Å²) in [6, 6.07) is 19.7. The Morgan fingerprint density at radius 3 is 2.27 bits per heavy atom. The van der Waals surface area contributed by atoms with Gasteiger partial charge in [0.2, 0.25) is 5.89 Å². The molecule has 0 bridgehead atoms. The number of benzene rings is 2. The van der Waals surface area contributed by atoms with Gasteiger partial charge in [0, 0.05) is 6.54 Å². The van der Waals surface area contributed by atoms with Gasteiger partial charge in [0.05, 0.1) is 6.54 Å². The Labute approximate surface area is 129 Å². The predicted molar refractivity (Wildman–Crippen MR) is 82.1 cm³/mol. The maximum atomic E-state index is 5.56. The third-order valence-corrected chi connectivity index (χ3v) is 3.06. The summed E-state index contributed by atoms with van der Waals surface area (Å²) < 4.78 is 11.1. The van der Waals surface area contributed by atoms with Crippen molar-refractivity contribution in [1.82, 2.24) is 15.5 Å². The SMILES string of the molecule is c1ccc(CNCc2nnc(COc3ccccc3)o2)cc1. The fourth-order valence-electron chi connectivity index (χ4n) is 1.99. The lowest BCUT2D eigenvalue weighted by Crippen LogP contribution is -2.12. The Bertz CT molecular complexity index is 683. The smallest absolute Gasteiger partial charge is 0.253 e. The monoisotopic (exact) mass is 295 g/mol. The van der Waals surface area contributed by atoms with Gasteiger partial charge in [0.25, 0.3) is 5.89 Å². The van der Waals surface area contributed by atoms with Crippen LogP contribution in [-0.2, 0) is 19.7 Å². The van der Waals surface area contributed by atoms with E-state index in [1.165, 1.54) is 5.56 Å². The van der Waals surface area contributed by atoms with Crippen LogP contribution < -0.4 is 10.1 Å². The number of nitrogens with one attached hydrogen (secondary N) is 1. The molecule has 0 amide bonds. The lowest BCUT2D eigenvalue weighted by atomic mass is 10.2. The van der Waals surface area contributed by atoms with Crippen molar-refractivity contribution in [2.75, 3.05) is 0 Å². The molecule has 0 spiro atoms. The zero-order valence-corrected chi connectivity index (χ0v) is 12.1. The summed E-state index contributed by atoms with van der Waals surface area (Å²) in [7, 11) is 0. The van der Waals surface area contributed by atoms with Gasteiger partial charge in [0.15, 0.2) is 6.61 Å². The molecular weight excluding hydrogens is 278 g/mol. The van der Waals surface area contributed by atoms with Crippen molar-refractivity contribution in [2.45, 2.75) is 19.7 Å². The maximum Gasteiger partial charge on any atom is 0.253 e. The molecule has 0 fully saturated rings. The van der Waals surface area contributed by atoms with Crippen LogP contribution in [0.1, 0.15) is 17.3 Å². The molecule has 0 atom stereocenters. The lowest BCUT2D eigenvalue weighted by Gasteiger charge is -2.02. The molecule has 2 aromatic carbocycles. The van der Waals surface area contributed by atoms with Gasteiger partial charge in [-0.1, -0.05) is 48.5 Å². The van der Waals surface area contributed by atoms with Crippen molar-refractivity contribution < 1.29 is 9.15 Å². The number of hydrogen-bond acceptors (Lipinski definition) is 5.